The second-order valence-corrected chi connectivity index (χ2v) is 12.0. The highest BCUT2D eigenvalue weighted by Crippen LogP contribution is 2.28. The number of hydrogen-bond donors (Lipinski definition) is 1. The lowest BCUT2D eigenvalue weighted by molar-refractivity contribution is -0.122. The summed E-state index contributed by atoms with van der Waals surface area (Å²) in [7, 11) is -3.95. The molecule has 1 aliphatic rings. The van der Waals surface area contributed by atoms with E-state index < -0.39 is 10.0 Å². The summed E-state index contributed by atoms with van der Waals surface area (Å²) < 4.78 is 29.0. The maximum absolute atomic E-state index is 13.9. The van der Waals surface area contributed by atoms with Gasteiger partial charge in [0.15, 0.2) is 0 Å². The van der Waals surface area contributed by atoms with E-state index in [9.17, 15) is 13.2 Å². The number of carbonyl (C=O) groups excluding carboxylic acids is 1. The molecule has 1 N–H and O–H groups in total. The number of aryl methyl sites for hydroxylation is 3. The van der Waals surface area contributed by atoms with E-state index in [0.717, 1.165) is 31.2 Å². The first kappa shape index (κ1) is 27.0. The fourth-order valence-corrected chi connectivity index (χ4v) is 6.92. The first-order chi connectivity index (χ1) is 16.1. The summed E-state index contributed by atoms with van der Waals surface area (Å²) >= 11 is 12.2. The number of hydrogen-bond acceptors (Lipinski definition) is 3. The highest BCUT2D eigenvalue weighted by Gasteiger charge is 2.30. The van der Waals surface area contributed by atoms with Crippen LogP contribution in [-0.2, 0) is 21.4 Å². The van der Waals surface area contributed by atoms with Crippen LogP contribution < -0.4 is 5.32 Å². The van der Waals surface area contributed by atoms with Gasteiger partial charge in [-0.05, 0) is 62.4 Å². The maximum Gasteiger partial charge on any atom is 0.244 e. The number of sulfonamides is 1. The Morgan fingerprint density at radius 1 is 0.941 bits per heavy atom. The van der Waals surface area contributed by atoms with Crippen molar-refractivity contribution < 1.29 is 13.2 Å². The van der Waals surface area contributed by atoms with Gasteiger partial charge in [0.25, 0.3) is 0 Å². The molecular weight excluding hydrogens is 491 g/mol. The number of benzene rings is 2. The second-order valence-electron chi connectivity index (χ2n) is 9.36. The molecule has 5 nitrogen and oxygen atoms in total. The normalized spacial score (nSPS) is 15.7. The summed E-state index contributed by atoms with van der Waals surface area (Å²) in [5.74, 6) is -0.281. The first-order valence-corrected chi connectivity index (χ1v) is 14.1. The number of halogens is 2. The molecule has 0 radical (unpaired) electrons. The lowest BCUT2D eigenvalue weighted by Crippen LogP contribution is -2.44. The Kier molecular flexibility index (Phi) is 9.44. The molecule has 8 heteroatoms. The standard InChI is InChI=1S/C26H34Cl2N2O3S/c1-18-13-19(2)26(20(3)14-18)34(32,33)30(16-21-11-12-23(27)24(28)15-21)17-25(31)29-22-9-7-5-4-6-8-10-22/h11-15,22H,4-10,16-17H2,1-3H3,(H,29,31). The van der Waals surface area contributed by atoms with Gasteiger partial charge in [-0.25, -0.2) is 8.42 Å². The average Bonchev–Trinajstić information content (AvgIpc) is 2.71. The molecule has 0 heterocycles. The zero-order valence-electron chi connectivity index (χ0n) is 20.2. The summed E-state index contributed by atoms with van der Waals surface area (Å²) in [6.07, 6.45) is 7.62. The summed E-state index contributed by atoms with van der Waals surface area (Å²) in [5, 5.41) is 3.83. The van der Waals surface area contributed by atoms with E-state index in [1.165, 1.54) is 23.6 Å². The van der Waals surface area contributed by atoms with Crippen LogP contribution >= 0.6 is 23.2 Å². The number of amides is 1. The fourth-order valence-electron chi connectivity index (χ4n) is 4.80. The topological polar surface area (TPSA) is 66.5 Å². The van der Waals surface area contributed by atoms with Gasteiger partial charge >= 0.3 is 0 Å². The highest BCUT2D eigenvalue weighted by atomic mass is 35.5. The lowest BCUT2D eigenvalue weighted by atomic mass is 9.97. The minimum Gasteiger partial charge on any atom is -0.352 e. The Morgan fingerprint density at radius 2 is 1.53 bits per heavy atom. The van der Waals surface area contributed by atoms with Gasteiger partial charge in [0.05, 0.1) is 21.5 Å². The molecule has 0 aromatic heterocycles. The van der Waals surface area contributed by atoms with Crippen molar-refractivity contribution in [2.75, 3.05) is 6.54 Å². The van der Waals surface area contributed by atoms with Crippen molar-refractivity contribution in [1.82, 2.24) is 9.62 Å². The largest absolute Gasteiger partial charge is 0.352 e. The molecule has 3 rings (SSSR count). The third-order valence-corrected chi connectivity index (χ3v) is 9.17. The van der Waals surface area contributed by atoms with Crippen molar-refractivity contribution in [3.63, 3.8) is 0 Å². The Hall–Kier alpha value is -1.60. The molecule has 1 aliphatic carbocycles. The van der Waals surface area contributed by atoms with Crippen LogP contribution in [0.3, 0.4) is 0 Å². The van der Waals surface area contributed by atoms with Crippen LogP contribution in [0.15, 0.2) is 35.2 Å². The molecule has 1 saturated carbocycles. The molecule has 0 aliphatic heterocycles. The van der Waals surface area contributed by atoms with Crippen molar-refractivity contribution in [3.05, 3.63) is 62.6 Å². The Balaban J connectivity index is 1.90. The third kappa shape index (κ3) is 6.97. The van der Waals surface area contributed by atoms with Crippen molar-refractivity contribution in [3.8, 4) is 0 Å². The minimum atomic E-state index is -3.95. The minimum absolute atomic E-state index is 0.0179. The van der Waals surface area contributed by atoms with E-state index in [0.29, 0.717) is 26.7 Å². The van der Waals surface area contributed by atoms with Crippen LogP contribution in [0.25, 0.3) is 0 Å². The molecule has 186 valence electrons. The molecule has 2 aromatic carbocycles. The van der Waals surface area contributed by atoms with Gasteiger partial charge in [-0.1, -0.05) is 79.1 Å². The monoisotopic (exact) mass is 524 g/mol. The molecule has 0 saturated heterocycles. The van der Waals surface area contributed by atoms with Gasteiger partial charge in [-0.15, -0.1) is 0 Å². The van der Waals surface area contributed by atoms with E-state index in [-0.39, 0.29) is 29.9 Å². The first-order valence-electron chi connectivity index (χ1n) is 11.9. The lowest BCUT2D eigenvalue weighted by Gasteiger charge is -2.26. The molecule has 0 spiro atoms. The number of nitrogens with zero attached hydrogens (tertiary/aromatic N) is 1. The number of nitrogens with one attached hydrogen (secondary N) is 1. The molecule has 2 aromatic rings. The highest BCUT2D eigenvalue weighted by molar-refractivity contribution is 7.89. The fraction of sp³-hybridized carbons (Fsp3) is 0.500. The molecule has 1 amide bonds. The van der Waals surface area contributed by atoms with Crippen molar-refractivity contribution in [1.29, 1.82) is 0 Å². The van der Waals surface area contributed by atoms with E-state index in [2.05, 4.69) is 5.32 Å². The summed E-state index contributed by atoms with van der Waals surface area (Å²) in [6, 6.07) is 8.82. The Morgan fingerprint density at radius 3 is 2.12 bits per heavy atom. The second kappa shape index (κ2) is 11.9. The van der Waals surface area contributed by atoms with Crippen LogP contribution in [0.5, 0.6) is 0 Å². The molecule has 0 bridgehead atoms. The van der Waals surface area contributed by atoms with E-state index >= 15 is 0 Å². The summed E-state index contributed by atoms with van der Waals surface area (Å²) in [6.45, 7) is 5.28. The molecular formula is C26H34Cl2N2O3S. The van der Waals surface area contributed by atoms with Crippen LogP contribution in [0, 0.1) is 20.8 Å². The summed E-state index contributed by atoms with van der Waals surface area (Å²) in [4.78, 5) is 13.3. The van der Waals surface area contributed by atoms with E-state index in [1.54, 1.807) is 32.0 Å². The zero-order valence-corrected chi connectivity index (χ0v) is 22.5. The average molecular weight is 526 g/mol. The van der Waals surface area contributed by atoms with Gasteiger partial charge in [0.2, 0.25) is 15.9 Å². The SMILES string of the molecule is Cc1cc(C)c(S(=O)(=O)N(CC(=O)NC2CCCCCCC2)Cc2ccc(Cl)c(Cl)c2)c(C)c1. The van der Waals surface area contributed by atoms with Gasteiger partial charge < -0.3 is 5.32 Å². The van der Waals surface area contributed by atoms with Crippen molar-refractivity contribution in [2.24, 2.45) is 0 Å². The Bertz CT molecular complexity index is 1100. The Labute approximate surface area is 213 Å². The van der Waals surface area contributed by atoms with Crippen LogP contribution in [0.4, 0.5) is 0 Å². The molecule has 1 fully saturated rings. The molecule has 0 unspecified atom stereocenters. The van der Waals surface area contributed by atoms with E-state index in [4.69, 9.17) is 23.2 Å². The van der Waals surface area contributed by atoms with Crippen molar-refractivity contribution in [2.45, 2.75) is 83.2 Å². The molecule has 34 heavy (non-hydrogen) atoms. The van der Waals surface area contributed by atoms with Crippen LogP contribution in [0.2, 0.25) is 10.0 Å². The number of carbonyl (C=O) groups is 1. The van der Waals surface area contributed by atoms with Crippen molar-refractivity contribution >= 4 is 39.1 Å². The number of rotatable bonds is 7. The maximum atomic E-state index is 13.9. The summed E-state index contributed by atoms with van der Waals surface area (Å²) in [5.41, 5.74) is 2.99. The zero-order chi connectivity index (χ0) is 24.9. The van der Waals surface area contributed by atoms with E-state index in [1.807, 2.05) is 19.1 Å². The predicted molar refractivity (Wildman–Crippen MR) is 139 cm³/mol. The third-order valence-electron chi connectivity index (χ3n) is 6.34. The molecule has 0 atom stereocenters. The van der Waals surface area contributed by atoms with Gasteiger partial charge in [0.1, 0.15) is 0 Å². The quantitative estimate of drug-likeness (QED) is 0.459. The van der Waals surface area contributed by atoms with Crippen LogP contribution in [0.1, 0.15) is 67.2 Å². The smallest absolute Gasteiger partial charge is 0.244 e. The van der Waals surface area contributed by atoms with Gasteiger partial charge in [-0.3, -0.25) is 4.79 Å². The van der Waals surface area contributed by atoms with Gasteiger partial charge in [-0.2, -0.15) is 4.31 Å². The van der Waals surface area contributed by atoms with Gasteiger partial charge in [0, 0.05) is 12.6 Å². The van der Waals surface area contributed by atoms with Crippen LogP contribution in [-0.4, -0.2) is 31.2 Å². The predicted octanol–water partition coefficient (Wildman–Crippen LogP) is 6.34.